The van der Waals surface area contributed by atoms with Gasteiger partial charge in [-0.3, -0.25) is 9.97 Å². The summed E-state index contributed by atoms with van der Waals surface area (Å²) in [6.45, 7) is 4.64. The second-order valence-electron chi connectivity index (χ2n) is 2.23. The summed E-state index contributed by atoms with van der Waals surface area (Å²) in [4.78, 5) is 8.06. The van der Waals surface area contributed by atoms with Crippen molar-refractivity contribution >= 4 is 0 Å². The van der Waals surface area contributed by atoms with E-state index in [-0.39, 0.29) is 6.10 Å². The maximum absolute atomic E-state index is 5.33. The fourth-order valence-electron chi connectivity index (χ4n) is 0.856. The van der Waals surface area contributed by atoms with Crippen LogP contribution in [-0.2, 0) is 4.74 Å². The molecule has 0 saturated carbocycles. The van der Waals surface area contributed by atoms with E-state index in [0.717, 1.165) is 5.69 Å². The van der Waals surface area contributed by atoms with Crippen LogP contribution >= 0.6 is 0 Å². The van der Waals surface area contributed by atoms with Crippen molar-refractivity contribution in [1.29, 1.82) is 0 Å². The van der Waals surface area contributed by atoms with Gasteiger partial charge in [-0.2, -0.15) is 0 Å². The lowest BCUT2D eigenvalue weighted by atomic mass is 10.3. The minimum Gasteiger partial charge on any atom is -0.372 e. The Morgan fingerprint density at radius 1 is 1.55 bits per heavy atom. The number of nitrogens with zero attached hydrogens (tertiary/aromatic N) is 2. The van der Waals surface area contributed by atoms with Gasteiger partial charge in [0.05, 0.1) is 18.0 Å². The van der Waals surface area contributed by atoms with E-state index in [4.69, 9.17) is 4.74 Å². The Labute approximate surface area is 66.4 Å². The van der Waals surface area contributed by atoms with Crippen molar-refractivity contribution in [2.24, 2.45) is 0 Å². The third kappa shape index (κ3) is 2.27. The third-order valence-electron chi connectivity index (χ3n) is 1.42. The van der Waals surface area contributed by atoms with E-state index in [1.807, 2.05) is 13.8 Å². The molecule has 1 aromatic rings. The van der Waals surface area contributed by atoms with Crippen LogP contribution in [0.25, 0.3) is 0 Å². The van der Waals surface area contributed by atoms with E-state index >= 15 is 0 Å². The van der Waals surface area contributed by atoms with E-state index in [9.17, 15) is 0 Å². The molecule has 0 aliphatic rings. The van der Waals surface area contributed by atoms with E-state index in [1.54, 1.807) is 18.6 Å². The van der Waals surface area contributed by atoms with Gasteiger partial charge in [-0.05, 0) is 13.8 Å². The SMILES string of the molecule is CCO[C@H](C)c1cnccn1. The van der Waals surface area contributed by atoms with Gasteiger partial charge in [-0.25, -0.2) is 0 Å². The van der Waals surface area contributed by atoms with Crippen LogP contribution in [-0.4, -0.2) is 16.6 Å². The first kappa shape index (κ1) is 8.14. The zero-order chi connectivity index (χ0) is 8.10. The summed E-state index contributed by atoms with van der Waals surface area (Å²) in [5.41, 5.74) is 0.884. The lowest BCUT2D eigenvalue weighted by Gasteiger charge is -2.08. The van der Waals surface area contributed by atoms with Gasteiger partial charge in [-0.1, -0.05) is 0 Å². The molecule has 3 heteroatoms. The molecule has 0 spiro atoms. The lowest BCUT2D eigenvalue weighted by Crippen LogP contribution is -2.01. The summed E-state index contributed by atoms with van der Waals surface area (Å²) in [6.07, 6.45) is 5.10. The van der Waals surface area contributed by atoms with Crippen LogP contribution in [0.5, 0.6) is 0 Å². The zero-order valence-corrected chi connectivity index (χ0v) is 6.82. The number of rotatable bonds is 3. The van der Waals surface area contributed by atoms with E-state index < -0.39 is 0 Å². The number of aromatic nitrogens is 2. The quantitative estimate of drug-likeness (QED) is 0.659. The standard InChI is InChI=1S/C8H12N2O/c1-3-11-7(2)8-6-9-4-5-10-8/h4-7H,3H2,1-2H3/t7-/m1/s1. The lowest BCUT2D eigenvalue weighted by molar-refractivity contribution is 0.0731. The van der Waals surface area contributed by atoms with Gasteiger partial charge in [0.25, 0.3) is 0 Å². The summed E-state index contributed by atoms with van der Waals surface area (Å²) >= 11 is 0. The van der Waals surface area contributed by atoms with Crippen molar-refractivity contribution in [2.45, 2.75) is 20.0 Å². The Morgan fingerprint density at radius 2 is 2.36 bits per heavy atom. The Morgan fingerprint density at radius 3 is 2.91 bits per heavy atom. The predicted molar refractivity (Wildman–Crippen MR) is 42.1 cm³/mol. The molecular formula is C8H12N2O. The summed E-state index contributed by atoms with van der Waals surface area (Å²) in [7, 11) is 0. The smallest absolute Gasteiger partial charge is 0.0982 e. The molecule has 1 heterocycles. The third-order valence-corrected chi connectivity index (χ3v) is 1.42. The Balaban J connectivity index is 2.61. The van der Waals surface area contributed by atoms with Crippen LogP contribution in [0.3, 0.4) is 0 Å². The first-order valence-corrected chi connectivity index (χ1v) is 3.72. The van der Waals surface area contributed by atoms with E-state index in [2.05, 4.69) is 9.97 Å². The van der Waals surface area contributed by atoms with Gasteiger partial charge in [0.2, 0.25) is 0 Å². The Bertz CT molecular complexity index is 201. The number of hydrogen-bond donors (Lipinski definition) is 0. The largest absolute Gasteiger partial charge is 0.372 e. The van der Waals surface area contributed by atoms with Gasteiger partial charge >= 0.3 is 0 Å². The minimum absolute atomic E-state index is 0.0497. The summed E-state index contributed by atoms with van der Waals surface area (Å²) in [5.74, 6) is 0. The van der Waals surface area contributed by atoms with Crippen molar-refractivity contribution in [3.05, 3.63) is 24.3 Å². The second-order valence-corrected chi connectivity index (χ2v) is 2.23. The van der Waals surface area contributed by atoms with Crippen LogP contribution in [0.4, 0.5) is 0 Å². The maximum Gasteiger partial charge on any atom is 0.0982 e. The molecule has 0 saturated heterocycles. The average Bonchev–Trinajstić information content (AvgIpc) is 2.07. The van der Waals surface area contributed by atoms with Crippen molar-refractivity contribution in [1.82, 2.24) is 9.97 Å². The molecule has 11 heavy (non-hydrogen) atoms. The first-order chi connectivity index (χ1) is 5.34. The highest BCUT2D eigenvalue weighted by Crippen LogP contribution is 2.10. The molecule has 1 aromatic heterocycles. The van der Waals surface area contributed by atoms with Crippen LogP contribution < -0.4 is 0 Å². The molecule has 0 aliphatic carbocycles. The molecule has 0 unspecified atom stereocenters. The van der Waals surface area contributed by atoms with Crippen molar-refractivity contribution in [2.75, 3.05) is 6.61 Å². The summed E-state index contributed by atoms with van der Waals surface area (Å²) in [5, 5.41) is 0. The number of ether oxygens (including phenoxy) is 1. The highest BCUT2D eigenvalue weighted by Gasteiger charge is 2.04. The normalized spacial score (nSPS) is 12.9. The molecule has 0 aliphatic heterocycles. The van der Waals surface area contributed by atoms with Gasteiger partial charge in [0, 0.05) is 19.0 Å². The predicted octanol–water partition coefficient (Wildman–Crippen LogP) is 1.57. The highest BCUT2D eigenvalue weighted by atomic mass is 16.5. The van der Waals surface area contributed by atoms with Gasteiger partial charge < -0.3 is 4.74 Å². The first-order valence-electron chi connectivity index (χ1n) is 3.72. The van der Waals surface area contributed by atoms with Gasteiger partial charge in [0.15, 0.2) is 0 Å². The van der Waals surface area contributed by atoms with Crippen LogP contribution in [0.2, 0.25) is 0 Å². The fraction of sp³-hybridized carbons (Fsp3) is 0.500. The molecule has 1 rings (SSSR count). The van der Waals surface area contributed by atoms with Crippen molar-refractivity contribution < 1.29 is 4.74 Å². The zero-order valence-electron chi connectivity index (χ0n) is 6.82. The van der Waals surface area contributed by atoms with Gasteiger partial charge in [-0.15, -0.1) is 0 Å². The Hall–Kier alpha value is -0.960. The minimum atomic E-state index is 0.0497. The Kier molecular flexibility index (Phi) is 2.98. The average molecular weight is 152 g/mol. The summed E-state index contributed by atoms with van der Waals surface area (Å²) in [6, 6.07) is 0. The van der Waals surface area contributed by atoms with Crippen molar-refractivity contribution in [3.8, 4) is 0 Å². The van der Waals surface area contributed by atoms with Crippen LogP contribution in [0, 0.1) is 0 Å². The van der Waals surface area contributed by atoms with Crippen LogP contribution in [0.1, 0.15) is 25.6 Å². The molecule has 60 valence electrons. The fourth-order valence-corrected chi connectivity index (χ4v) is 0.856. The highest BCUT2D eigenvalue weighted by molar-refractivity contribution is 4.97. The molecule has 0 N–H and O–H groups in total. The second kappa shape index (κ2) is 4.03. The molecule has 1 atom stereocenters. The maximum atomic E-state index is 5.33. The topological polar surface area (TPSA) is 35.0 Å². The summed E-state index contributed by atoms with van der Waals surface area (Å²) < 4.78 is 5.33. The van der Waals surface area contributed by atoms with Crippen LogP contribution in [0.15, 0.2) is 18.6 Å². The number of hydrogen-bond acceptors (Lipinski definition) is 3. The molecule has 0 fully saturated rings. The molecule has 0 amide bonds. The van der Waals surface area contributed by atoms with E-state index in [0.29, 0.717) is 6.61 Å². The monoisotopic (exact) mass is 152 g/mol. The molecular weight excluding hydrogens is 140 g/mol. The molecule has 0 radical (unpaired) electrons. The molecule has 0 bridgehead atoms. The van der Waals surface area contributed by atoms with Gasteiger partial charge in [0.1, 0.15) is 0 Å². The molecule has 0 aromatic carbocycles. The van der Waals surface area contributed by atoms with E-state index in [1.165, 1.54) is 0 Å². The molecule has 3 nitrogen and oxygen atoms in total. The van der Waals surface area contributed by atoms with Crippen molar-refractivity contribution in [3.63, 3.8) is 0 Å².